The number of rotatable bonds is 2. The Labute approximate surface area is 114 Å². The zero-order valence-electron chi connectivity index (χ0n) is 10.9. The van der Waals surface area contributed by atoms with E-state index in [9.17, 15) is 0 Å². The Morgan fingerprint density at radius 2 is 2.11 bits per heavy atom. The van der Waals surface area contributed by atoms with Crippen LogP contribution in [-0.2, 0) is 0 Å². The van der Waals surface area contributed by atoms with Crippen LogP contribution in [0, 0.1) is 23.2 Å². The van der Waals surface area contributed by atoms with Crippen molar-refractivity contribution in [1.82, 2.24) is 0 Å². The molecule has 1 aromatic carbocycles. The maximum Gasteiger partial charge on any atom is 0.0992 e. The quantitative estimate of drug-likeness (QED) is 0.855. The van der Waals surface area contributed by atoms with Gasteiger partial charge in [-0.25, -0.2) is 0 Å². The highest BCUT2D eigenvalue weighted by molar-refractivity contribution is 6.33. The van der Waals surface area contributed by atoms with Gasteiger partial charge in [0.25, 0.3) is 0 Å². The monoisotopic (exact) mass is 262 g/mol. The van der Waals surface area contributed by atoms with Gasteiger partial charge < -0.3 is 5.32 Å². The van der Waals surface area contributed by atoms with E-state index in [1.54, 1.807) is 12.1 Å². The molecule has 0 bridgehead atoms. The SMILES string of the molecule is CC1CCCC(Nc2cc(C#N)ccc2Cl)C1C. The second-order valence-corrected chi connectivity index (χ2v) is 5.73. The van der Waals surface area contributed by atoms with Crippen molar-refractivity contribution < 1.29 is 0 Å². The van der Waals surface area contributed by atoms with Crippen molar-refractivity contribution in [3.05, 3.63) is 28.8 Å². The molecule has 1 saturated carbocycles. The lowest BCUT2D eigenvalue weighted by Gasteiger charge is -2.35. The van der Waals surface area contributed by atoms with E-state index in [-0.39, 0.29) is 0 Å². The Morgan fingerprint density at radius 1 is 1.33 bits per heavy atom. The van der Waals surface area contributed by atoms with Gasteiger partial charge in [0.2, 0.25) is 0 Å². The maximum absolute atomic E-state index is 8.93. The highest BCUT2D eigenvalue weighted by atomic mass is 35.5. The third kappa shape index (κ3) is 2.79. The molecule has 0 aromatic heterocycles. The van der Waals surface area contributed by atoms with Crippen LogP contribution in [0.1, 0.15) is 38.7 Å². The molecule has 1 aromatic rings. The zero-order chi connectivity index (χ0) is 13.1. The molecule has 3 atom stereocenters. The maximum atomic E-state index is 8.93. The van der Waals surface area contributed by atoms with Crippen LogP contribution in [0.3, 0.4) is 0 Å². The van der Waals surface area contributed by atoms with Crippen LogP contribution in [0.4, 0.5) is 5.69 Å². The van der Waals surface area contributed by atoms with Gasteiger partial charge in [-0.05, 0) is 36.5 Å². The highest BCUT2D eigenvalue weighted by Gasteiger charge is 2.27. The van der Waals surface area contributed by atoms with E-state index >= 15 is 0 Å². The summed E-state index contributed by atoms with van der Waals surface area (Å²) in [7, 11) is 0. The van der Waals surface area contributed by atoms with E-state index in [4.69, 9.17) is 16.9 Å². The predicted molar refractivity (Wildman–Crippen MR) is 75.8 cm³/mol. The molecule has 96 valence electrons. The van der Waals surface area contributed by atoms with Gasteiger partial charge in [-0.2, -0.15) is 5.26 Å². The van der Waals surface area contributed by atoms with Crippen LogP contribution in [0.25, 0.3) is 0 Å². The number of nitrogens with zero attached hydrogens (tertiary/aromatic N) is 1. The second-order valence-electron chi connectivity index (χ2n) is 5.32. The minimum atomic E-state index is 0.459. The summed E-state index contributed by atoms with van der Waals surface area (Å²) >= 11 is 6.18. The third-order valence-corrected chi connectivity index (χ3v) is 4.47. The fraction of sp³-hybridized carbons (Fsp3) is 0.533. The summed E-state index contributed by atoms with van der Waals surface area (Å²) in [6.07, 6.45) is 3.75. The first-order chi connectivity index (χ1) is 8.61. The van der Waals surface area contributed by atoms with Crippen molar-refractivity contribution in [1.29, 1.82) is 5.26 Å². The van der Waals surface area contributed by atoms with E-state index in [1.165, 1.54) is 19.3 Å². The molecule has 1 aliphatic carbocycles. The van der Waals surface area contributed by atoms with E-state index < -0.39 is 0 Å². The Kier molecular flexibility index (Phi) is 4.14. The van der Waals surface area contributed by atoms with Crippen molar-refractivity contribution in [2.45, 2.75) is 39.2 Å². The second kappa shape index (κ2) is 5.63. The van der Waals surface area contributed by atoms with Gasteiger partial charge in [0.05, 0.1) is 22.3 Å². The smallest absolute Gasteiger partial charge is 0.0992 e. The van der Waals surface area contributed by atoms with Gasteiger partial charge in [-0.1, -0.05) is 38.3 Å². The first kappa shape index (κ1) is 13.2. The molecule has 3 heteroatoms. The number of anilines is 1. The van der Waals surface area contributed by atoms with Crippen molar-refractivity contribution in [2.75, 3.05) is 5.32 Å². The van der Waals surface area contributed by atoms with Gasteiger partial charge in [0.1, 0.15) is 0 Å². The standard InChI is InChI=1S/C15H19ClN2/c1-10-4-3-5-14(11(10)2)18-15-8-12(9-17)6-7-13(15)16/h6-8,10-11,14,18H,3-5H2,1-2H3. The number of halogens is 1. The number of benzene rings is 1. The van der Waals surface area contributed by atoms with Crippen LogP contribution >= 0.6 is 11.6 Å². The third-order valence-electron chi connectivity index (χ3n) is 4.14. The van der Waals surface area contributed by atoms with Crippen molar-refractivity contribution in [3.8, 4) is 6.07 Å². The molecule has 3 unspecified atom stereocenters. The summed E-state index contributed by atoms with van der Waals surface area (Å²) in [5.41, 5.74) is 1.54. The number of hydrogen-bond acceptors (Lipinski definition) is 2. The number of hydrogen-bond donors (Lipinski definition) is 1. The fourth-order valence-corrected chi connectivity index (χ4v) is 2.86. The van der Waals surface area contributed by atoms with Crippen LogP contribution in [0.15, 0.2) is 18.2 Å². The molecule has 0 saturated heterocycles. The number of nitrogens with one attached hydrogen (secondary N) is 1. The molecule has 1 aliphatic rings. The fourth-order valence-electron chi connectivity index (χ4n) is 2.69. The molecule has 2 nitrogen and oxygen atoms in total. The van der Waals surface area contributed by atoms with Crippen LogP contribution in [0.2, 0.25) is 5.02 Å². The summed E-state index contributed by atoms with van der Waals surface area (Å²) in [4.78, 5) is 0. The van der Waals surface area contributed by atoms with Crippen LogP contribution in [-0.4, -0.2) is 6.04 Å². The molecule has 2 rings (SSSR count). The molecule has 1 fully saturated rings. The van der Waals surface area contributed by atoms with Gasteiger partial charge in [-0.15, -0.1) is 0 Å². The molecule has 0 spiro atoms. The highest BCUT2D eigenvalue weighted by Crippen LogP contribution is 2.33. The Balaban J connectivity index is 2.16. The minimum Gasteiger partial charge on any atom is -0.381 e. The molecule has 0 heterocycles. The van der Waals surface area contributed by atoms with E-state index in [0.29, 0.717) is 22.5 Å². The first-order valence-corrected chi connectivity index (χ1v) is 6.96. The van der Waals surface area contributed by atoms with E-state index in [0.717, 1.165) is 11.6 Å². The lowest BCUT2D eigenvalue weighted by Crippen LogP contribution is -2.35. The summed E-state index contributed by atoms with van der Waals surface area (Å²) in [5, 5.41) is 13.1. The largest absolute Gasteiger partial charge is 0.381 e. The van der Waals surface area contributed by atoms with Gasteiger partial charge >= 0.3 is 0 Å². The molecule has 0 radical (unpaired) electrons. The molecule has 0 aliphatic heterocycles. The summed E-state index contributed by atoms with van der Waals surface area (Å²) in [5.74, 6) is 1.38. The predicted octanol–water partition coefficient (Wildman–Crippen LogP) is 4.45. The molecular formula is C15H19ClN2. The summed E-state index contributed by atoms with van der Waals surface area (Å²) in [6.45, 7) is 4.61. The average molecular weight is 263 g/mol. The molecule has 18 heavy (non-hydrogen) atoms. The van der Waals surface area contributed by atoms with Crippen molar-refractivity contribution in [2.24, 2.45) is 11.8 Å². The lowest BCUT2D eigenvalue weighted by atomic mass is 9.78. The summed E-state index contributed by atoms with van der Waals surface area (Å²) in [6, 6.07) is 7.99. The number of nitriles is 1. The lowest BCUT2D eigenvalue weighted by molar-refractivity contribution is 0.253. The minimum absolute atomic E-state index is 0.459. The van der Waals surface area contributed by atoms with Crippen molar-refractivity contribution >= 4 is 17.3 Å². The van der Waals surface area contributed by atoms with Crippen molar-refractivity contribution in [3.63, 3.8) is 0 Å². The van der Waals surface area contributed by atoms with Gasteiger partial charge in [0, 0.05) is 6.04 Å². The van der Waals surface area contributed by atoms with E-state index in [1.807, 2.05) is 6.07 Å². The topological polar surface area (TPSA) is 35.8 Å². The molecule has 0 amide bonds. The van der Waals surface area contributed by atoms with Crippen LogP contribution in [0.5, 0.6) is 0 Å². The molecular weight excluding hydrogens is 244 g/mol. The summed E-state index contributed by atoms with van der Waals surface area (Å²) < 4.78 is 0. The Bertz CT molecular complexity index is 464. The normalized spacial score (nSPS) is 27.6. The van der Waals surface area contributed by atoms with E-state index in [2.05, 4.69) is 25.2 Å². The average Bonchev–Trinajstić information content (AvgIpc) is 2.37. The zero-order valence-corrected chi connectivity index (χ0v) is 11.7. The first-order valence-electron chi connectivity index (χ1n) is 6.58. The van der Waals surface area contributed by atoms with Crippen LogP contribution < -0.4 is 5.32 Å². The Morgan fingerprint density at radius 3 is 2.83 bits per heavy atom. The Hall–Kier alpha value is -1.20. The van der Waals surface area contributed by atoms with Gasteiger partial charge in [-0.3, -0.25) is 0 Å². The molecule has 1 N–H and O–H groups in total. The van der Waals surface area contributed by atoms with Gasteiger partial charge in [0.15, 0.2) is 0 Å².